The molecule has 5 heteroatoms. The second-order valence-electron chi connectivity index (χ2n) is 3.32. The van der Waals surface area contributed by atoms with E-state index in [-0.39, 0.29) is 5.91 Å². The van der Waals surface area contributed by atoms with E-state index in [2.05, 4.69) is 0 Å². The van der Waals surface area contributed by atoms with Gasteiger partial charge in [0.05, 0.1) is 0 Å². The van der Waals surface area contributed by atoms with Crippen LogP contribution in [0.15, 0.2) is 24.3 Å². The Labute approximate surface area is 89.3 Å². The molecule has 0 spiro atoms. The van der Waals surface area contributed by atoms with Crippen molar-refractivity contribution in [2.45, 2.75) is 6.92 Å². The molecule has 0 aromatic heterocycles. The Morgan fingerprint density at radius 1 is 1.47 bits per heavy atom. The van der Waals surface area contributed by atoms with E-state index in [9.17, 15) is 4.79 Å². The quantitative estimate of drug-likeness (QED) is 0.654. The molecule has 0 aliphatic rings. The highest BCUT2D eigenvalue weighted by Gasteiger charge is 2.15. The van der Waals surface area contributed by atoms with E-state index in [0.717, 1.165) is 0 Å². The third kappa shape index (κ3) is 2.81. The first kappa shape index (κ1) is 11.7. The summed E-state index contributed by atoms with van der Waals surface area (Å²) in [5.74, 6) is -0.125. The van der Waals surface area contributed by atoms with E-state index in [1.165, 1.54) is 6.07 Å². The van der Waals surface area contributed by atoms with E-state index in [0.29, 0.717) is 17.6 Å². The summed E-state index contributed by atoms with van der Waals surface area (Å²) < 4.78 is 0. The lowest BCUT2D eigenvalue weighted by atomic mass is 9.79. The van der Waals surface area contributed by atoms with Crippen molar-refractivity contribution in [1.29, 1.82) is 0 Å². The summed E-state index contributed by atoms with van der Waals surface area (Å²) in [4.78, 5) is 13.3. The van der Waals surface area contributed by atoms with Crippen LogP contribution in [0.5, 0.6) is 0 Å². The third-order valence-electron chi connectivity index (χ3n) is 2.25. The van der Waals surface area contributed by atoms with Crippen molar-refractivity contribution in [2.75, 3.05) is 13.6 Å². The highest BCUT2D eigenvalue weighted by atomic mass is 16.4. The SMILES string of the molecule is CCN(C)C(=O)c1cccc(B(O)O)c1. The Morgan fingerprint density at radius 2 is 2.13 bits per heavy atom. The molecule has 1 rings (SSSR count). The molecular weight excluding hydrogens is 193 g/mol. The minimum absolute atomic E-state index is 0.125. The van der Waals surface area contributed by atoms with Crippen LogP contribution in [0.3, 0.4) is 0 Å². The number of hydrogen-bond donors (Lipinski definition) is 2. The highest BCUT2D eigenvalue weighted by molar-refractivity contribution is 6.58. The van der Waals surface area contributed by atoms with Gasteiger partial charge in [-0.05, 0) is 24.5 Å². The van der Waals surface area contributed by atoms with Crippen LogP contribution in [0.25, 0.3) is 0 Å². The molecule has 1 amide bonds. The van der Waals surface area contributed by atoms with Gasteiger partial charge in [0, 0.05) is 19.2 Å². The van der Waals surface area contributed by atoms with Gasteiger partial charge < -0.3 is 14.9 Å². The Bertz CT molecular complexity index is 354. The molecule has 1 aromatic carbocycles. The molecule has 0 fully saturated rings. The van der Waals surface area contributed by atoms with Crippen molar-refractivity contribution in [3.8, 4) is 0 Å². The minimum Gasteiger partial charge on any atom is -0.423 e. The number of carbonyl (C=O) groups excluding carboxylic acids is 1. The van der Waals surface area contributed by atoms with E-state index < -0.39 is 7.12 Å². The number of amides is 1. The Kier molecular flexibility index (Phi) is 3.88. The normalized spacial score (nSPS) is 9.87. The van der Waals surface area contributed by atoms with Crippen molar-refractivity contribution in [3.05, 3.63) is 29.8 Å². The summed E-state index contributed by atoms with van der Waals surface area (Å²) in [5.41, 5.74) is 0.787. The van der Waals surface area contributed by atoms with Gasteiger partial charge in [-0.2, -0.15) is 0 Å². The lowest BCUT2D eigenvalue weighted by Gasteiger charge is -2.14. The lowest BCUT2D eigenvalue weighted by molar-refractivity contribution is 0.0802. The third-order valence-corrected chi connectivity index (χ3v) is 2.25. The van der Waals surface area contributed by atoms with Crippen LogP contribution < -0.4 is 5.46 Å². The first-order valence-corrected chi connectivity index (χ1v) is 4.77. The smallest absolute Gasteiger partial charge is 0.423 e. The molecule has 80 valence electrons. The zero-order valence-electron chi connectivity index (χ0n) is 8.84. The van der Waals surface area contributed by atoms with Crippen LogP contribution in [-0.2, 0) is 0 Å². The van der Waals surface area contributed by atoms with Gasteiger partial charge in [0.1, 0.15) is 0 Å². The van der Waals surface area contributed by atoms with Gasteiger partial charge in [0.25, 0.3) is 5.91 Å². The van der Waals surface area contributed by atoms with E-state index in [4.69, 9.17) is 10.0 Å². The van der Waals surface area contributed by atoms with Gasteiger partial charge >= 0.3 is 7.12 Å². The summed E-state index contributed by atoms with van der Waals surface area (Å²) in [6.45, 7) is 2.49. The molecule has 1 aromatic rings. The first-order valence-electron chi connectivity index (χ1n) is 4.77. The van der Waals surface area contributed by atoms with Crippen molar-refractivity contribution < 1.29 is 14.8 Å². The maximum absolute atomic E-state index is 11.7. The van der Waals surface area contributed by atoms with Gasteiger partial charge in [-0.25, -0.2) is 0 Å². The molecule has 0 radical (unpaired) electrons. The summed E-state index contributed by atoms with van der Waals surface area (Å²) in [7, 11) is 0.161. The highest BCUT2D eigenvalue weighted by Crippen LogP contribution is 2.01. The monoisotopic (exact) mass is 207 g/mol. The molecule has 0 heterocycles. The molecule has 0 saturated carbocycles. The van der Waals surface area contributed by atoms with Gasteiger partial charge in [-0.15, -0.1) is 0 Å². The van der Waals surface area contributed by atoms with Crippen molar-refractivity contribution in [1.82, 2.24) is 4.90 Å². The second-order valence-corrected chi connectivity index (χ2v) is 3.32. The molecule has 15 heavy (non-hydrogen) atoms. The number of nitrogens with zero attached hydrogens (tertiary/aromatic N) is 1. The number of benzene rings is 1. The fourth-order valence-corrected chi connectivity index (χ4v) is 1.20. The van der Waals surface area contributed by atoms with Gasteiger partial charge in [0.2, 0.25) is 0 Å². The van der Waals surface area contributed by atoms with E-state index in [1.54, 1.807) is 30.1 Å². The zero-order chi connectivity index (χ0) is 11.4. The number of carbonyl (C=O) groups is 1. The number of hydrogen-bond acceptors (Lipinski definition) is 3. The first-order chi connectivity index (χ1) is 7.06. The second kappa shape index (κ2) is 4.95. The van der Waals surface area contributed by atoms with Crippen LogP contribution in [0, 0.1) is 0 Å². The molecule has 0 aliphatic carbocycles. The molecule has 0 aliphatic heterocycles. The molecule has 0 saturated heterocycles. The van der Waals surface area contributed by atoms with E-state index >= 15 is 0 Å². The van der Waals surface area contributed by atoms with E-state index in [1.807, 2.05) is 6.92 Å². The fourth-order valence-electron chi connectivity index (χ4n) is 1.20. The lowest BCUT2D eigenvalue weighted by Crippen LogP contribution is -2.32. The topological polar surface area (TPSA) is 60.8 Å². The molecule has 0 unspecified atom stereocenters. The Morgan fingerprint density at radius 3 is 2.67 bits per heavy atom. The van der Waals surface area contributed by atoms with Gasteiger partial charge in [0.15, 0.2) is 0 Å². The zero-order valence-corrected chi connectivity index (χ0v) is 8.84. The average molecular weight is 207 g/mol. The van der Waals surface area contributed by atoms with Crippen LogP contribution >= 0.6 is 0 Å². The molecule has 4 nitrogen and oxygen atoms in total. The van der Waals surface area contributed by atoms with Crippen molar-refractivity contribution >= 4 is 18.5 Å². The van der Waals surface area contributed by atoms with Gasteiger partial charge in [-0.1, -0.05) is 12.1 Å². The summed E-state index contributed by atoms with van der Waals surface area (Å²) in [6.07, 6.45) is 0. The molecular formula is C10H14BNO3. The molecule has 0 atom stereocenters. The maximum Gasteiger partial charge on any atom is 0.488 e. The van der Waals surface area contributed by atoms with Crippen LogP contribution in [0.4, 0.5) is 0 Å². The van der Waals surface area contributed by atoms with Crippen LogP contribution in [0.2, 0.25) is 0 Å². The summed E-state index contributed by atoms with van der Waals surface area (Å²) in [6, 6.07) is 6.33. The largest absolute Gasteiger partial charge is 0.488 e. The minimum atomic E-state index is -1.54. The standard InChI is InChI=1S/C10H14BNO3/c1-3-12(2)10(13)8-5-4-6-9(7-8)11(14)15/h4-7,14-15H,3H2,1-2H3. The molecule has 2 N–H and O–H groups in total. The predicted molar refractivity (Wildman–Crippen MR) is 58.9 cm³/mol. The molecule has 0 bridgehead atoms. The van der Waals surface area contributed by atoms with Crippen LogP contribution in [0.1, 0.15) is 17.3 Å². The predicted octanol–water partition coefficient (Wildman–Crippen LogP) is -0.542. The Balaban J connectivity index is 2.95. The average Bonchev–Trinajstić information content (AvgIpc) is 2.27. The summed E-state index contributed by atoms with van der Waals surface area (Å²) >= 11 is 0. The van der Waals surface area contributed by atoms with Crippen molar-refractivity contribution in [2.24, 2.45) is 0 Å². The Hall–Kier alpha value is -1.33. The maximum atomic E-state index is 11.7. The van der Waals surface area contributed by atoms with Gasteiger partial charge in [-0.3, -0.25) is 4.79 Å². The number of rotatable bonds is 3. The van der Waals surface area contributed by atoms with Crippen molar-refractivity contribution in [3.63, 3.8) is 0 Å². The van der Waals surface area contributed by atoms with Crippen LogP contribution in [-0.4, -0.2) is 41.6 Å². The fraction of sp³-hybridized carbons (Fsp3) is 0.300. The summed E-state index contributed by atoms with van der Waals surface area (Å²) in [5, 5.41) is 17.9.